The molecule has 0 heterocycles. The lowest BCUT2D eigenvalue weighted by Gasteiger charge is -2.31. The Morgan fingerprint density at radius 1 is 0.529 bits per heavy atom. The van der Waals surface area contributed by atoms with Crippen LogP contribution in [0.2, 0.25) is 0 Å². The van der Waals surface area contributed by atoms with Gasteiger partial charge in [0.05, 0.1) is 14.2 Å². The van der Waals surface area contributed by atoms with Gasteiger partial charge >= 0.3 is 0 Å². The molecular weight excluding hydrogens is 760 g/mol. The second-order valence-corrected chi connectivity index (χ2v) is 16.7. The van der Waals surface area contributed by atoms with Crippen molar-refractivity contribution in [3.05, 3.63) is 127 Å². The summed E-state index contributed by atoms with van der Waals surface area (Å²) < 4.78 is 20.7. The maximum atomic E-state index is 7.41. The van der Waals surface area contributed by atoms with Gasteiger partial charge in [0.2, 0.25) is 0 Å². The van der Waals surface area contributed by atoms with E-state index in [-0.39, 0.29) is 12.2 Å². The van der Waals surface area contributed by atoms with Crippen molar-refractivity contribution in [2.24, 2.45) is 11.8 Å². The zero-order chi connectivity index (χ0) is 35.7. The fourth-order valence-electron chi connectivity index (χ4n) is 8.76. The molecule has 6 rings (SSSR count). The summed E-state index contributed by atoms with van der Waals surface area (Å²) >= 11 is 8.10. The molecule has 0 N–H and O–H groups in total. The lowest BCUT2D eigenvalue weighted by molar-refractivity contribution is 0.0300. The van der Waals surface area contributed by atoms with Gasteiger partial charge in [0.1, 0.15) is 23.7 Å². The normalized spacial score (nSPS) is 21.9. The summed E-state index contributed by atoms with van der Waals surface area (Å²) in [5.74, 6) is 4.69. The van der Waals surface area contributed by atoms with Crippen LogP contribution in [0.4, 0.5) is 0 Å². The topological polar surface area (TPSA) is 27.7 Å². The molecule has 0 saturated heterocycles. The minimum atomic E-state index is -0.327. The molecule has 0 bridgehead atoms. The average molecular weight is 817 g/mol. The fourth-order valence-corrected chi connectivity index (χ4v) is 9.97. The molecule has 51 heavy (non-hydrogen) atoms. The third kappa shape index (κ3) is 9.50. The summed E-state index contributed by atoms with van der Waals surface area (Å²) in [7, 11) is 3.43. The van der Waals surface area contributed by atoms with Crippen LogP contribution in [0.15, 0.2) is 93.9 Å². The summed E-state index contributed by atoms with van der Waals surface area (Å²) in [6.45, 7) is 4.63. The molecule has 2 fully saturated rings. The molecule has 0 amide bonds. The summed E-state index contributed by atoms with van der Waals surface area (Å²) in [6.07, 6.45) is 15.1. The third-order valence-electron chi connectivity index (χ3n) is 11.8. The van der Waals surface area contributed by atoms with Crippen molar-refractivity contribution >= 4 is 31.9 Å². The van der Waals surface area contributed by atoms with Crippen molar-refractivity contribution in [3.63, 3.8) is 0 Å². The van der Waals surface area contributed by atoms with Crippen molar-refractivity contribution in [2.45, 2.75) is 115 Å². The van der Waals surface area contributed by atoms with E-state index in [0.29, 0.717) is 11.8 Å². The molecule has 2 aliphatic carbocycles. The number of hydrogen-bond donors (Lipinski definition) is 0. The Kier molecular flexibility index (Phi) is 13.8. The number of halogens is 2. The molecule has 2 unspecified atom stereocenters. The molecule has 0 aromatic heterocycles. The lowest BCUT2D eigenvalue weighted by Crippen LogP contribution is -2.16. The predicted octanol–water partition coefficient (Wildman–Crippen LogP) is 14.3. The Morgan fingerprint density at radius 2 is 0.902 bits per heavy atom. The van der Waals surface area contributed by atoms with Gasteiger partial charge in [0, 0.05) is 8.95 Å². The predicted molar refractivity (Wildman–Crippen MR) is 218 cm³/mol. The maximum Gasteiger partial charge on any atom is 0.118 e. The van der Waals surface area contributed by atoms with Crippen LogP contribution >= 0.6 is 31.9 Å². The van der Waals surface area contributed by atoms with Crippen LogP contribution in [0.5, 0.6) is 11.5 Å². The van der Waals surface area contributed by atoms with E-state index in [0.717, 1.165) is 54.5 Å². The highest BCUT2D eigenvalue weighted by Crippen LogP contribution is 2.45. The van der Waals surface area contributed by atoms with Gasteiger partial charge in [-0.1, -0.05) is 120 Å². The van der Waals surface area contributed by atoms with Crippen LogP contribution in [0.1, 0.15) is 148 Å². The van der Waals surface area contributed by atoms with Crippen LogP contribution in [-0.4, -0.2) is 14.2 Å². The molecule has 0 spiro atoms. The van der Waals surface area contributed by atoms with Gasteiger partial charge in [0.15, 0.2) is 0 Å². The number of ether oxygens (including phenoxy) is 3. The van der Waals surface area contributed by atoms with Gasteiger partial charge in [-0.3, -0.25) is 0 Å². The molecule has 0 aliphatic heterocycles. The Balaban J connectivity index is 1.34. The van der Waals surface area contributed by atoms with E-state index >= 15 is 0 Å². The molecule has 5 heteroatoms. The fraction of sp³-hybridized carbons (Fsp3) is 0.478. The Hall–Kier alpha value is -2.60. The molecule has 0 radical (unpaired) electrons. The number of methoxy groups -OCH3 is 2. The first-order chi connectivity index (χ1) is 24.9. The number of benzene rings is 4. The van der Waals surface area contributed by atoms with Crippen molar-refractivity contribution in [3.8, 4) is 11.5 Å². The molecule has 2 atom stereocenters. The minimum absolute atomic E-state index is 0.327. The zero-order valence-electron chi connectivity index (χ0n) is 31.0. The Bertz CT molecular complexity index is 1540. The first-order valence-corrected chi connectivity index (χ1v) is 21.0. The lowest BCUT2D eigenvalue weighted by atomic mass is 9.77. The Labute approximate surface area is 324 Å². The second-order valence-electron chi connectivity index (χ2n) is 15.0. The average Bonchev–Trinajstić information content (AvgIpc) is 3.17. The van der Waals surface area contributed by atoms with E-state index in [9.17, 15) is 0 Å². The molecule has 3 nitrogen and oxygen atoms in total. The maximum absolute atomic E-state index is 7.41. The Morgan fingerprint density at radius 3 is 1.22 bits per heavy atom. The van der Waals surface area contributed by atoms with Crippen molar-refractivity contribution in [1.82, 2.24) is 0 Å². The molecule has 2 aliphatic rings. The first-order valence-electron chi connectivity index (χ1n) is 19.4. The van der Waals surface area contributed by atoms with Crippen LogP contribution in [0.3, 0.4) is 0 Å². The minimum Gasteiger partial charge on any atom is -0.497 e. The van der Waals surface area contributed by atoms with E-state index in [1.54, 1.807) is 14.2 Å². The van der Waals surface area contributed by atoms with Crippen LogP contribution < -0.4 is 9.47 Å². The molecular formula is C46H56Br2O3. The van der Waals surface area contributed by atoms with Crippen molar-refractivity contribution in [1.29, 1.82) is 0 Å². The summed E-state index contributed by atoms with van der Waals surface area (Å²) in [5, 5.41) is 0. The SMILES string of the molecule is CCC[C@H]1CC[C@H](c2ccc(C(OC(c3ccc(OC)cc3)c3ccc([C@H]4CC[C@H](CCC)CC4)cc3Br)c3ccc(OC)cc3)c(Br)c2)CC1. The van der Waals surface area contributed by atoms with E-state index in [1.165, 1.54) is 88.2 Å². The highest BCUT2D eigenvalue weighted by atomic mass is 79.9. The zero-order valence-corrected chi connectivity index (χ0v) is 34.2. The highest BCUT2D eigenvalue weighted by molar-refractivity contribution is 9.10. The van der Waals surface area contributed by atoms with Gasteiger partial charge in [-0.05, 0) is 145 Å². The summed E-state index contributed by atoms with van der Waals surface area (Å²) in [5.41, 5.74) is 7.28. The summed E-state index contributed by atoms with van der Waals surface area (Å²) in [6, 6.07) is 30.7. The van der Waals surface area contributed by atoms with Crippen LogP contribution in [0, 0.1) is 11.8 Å². The quantitative estimate of drug-likeness (QED) is 0.127. The van der Waals surface area contributed by atoms with Gasteiger partial charge in [-0.15, -0.1) is 0 Å². The van der Waals surface area contributed by atoms with Crippen molar-refractivity contribution in [2.75, 3.05) is 14.2 Å². The molecule has 272 valence electrons. The van der Waals surface area contributed by atoms with Crippen LogP contribution in [-0.2, 0) is 4.74 Å². The molecule has 4 aromatic rings. The van der Waals surface area contributed by atoms with E-state index in [4.69, 9.17) is 14.2 Å². The van der Waals surface area contributed by atoms with E-state index < -0.39 is 0 Å². The first kappa shape index (κ1) is 38.1. The smallest absolute Gasteiger partial charge is 0.118 e. The third-order valence-corrected chi connectivity index (χ3v) is 13.1. The molecule has 4 aromatic carbocycles. The second kappa shape index (κ2) is 18.4. The number of rotatable bonds is 14. The largest absolute Gasteiger partial charge is 0.497 e. The van der Waals surface area contributed by atoms with Gasteiger partial charge < -0.3 is 14.2 Å². The standard InChI is InChI=1S/C46H56Br2O3/c1-5-7-31-9-13-33(14-10-31)37-21-27-41(43(47)29-37)45(35-17-23-39(49-3)24-18-35)51-46(36-19-25-40(50-4)26-20-36)42-28-22-38(30-44(42)48)34-15-11-32(8-6-2)12-16-34/h17-34,45-46H,5-16H2,1-4H3/t31-,32-,33-,34-,45?,46?. The van der Waals surface area contributed by atoms with Gasteiger partial charge in [-0.2, -0.15) is 0 Å². The summed E-state index contributed by atoms with van der Waals surface area (Å²) in [4.78, 5) is 0. The monoisotopic (exact) mass is 814 g/mol. The number of hydrogen-bond acceptors (Lipinski definition) is 3. The van der Waals surface area contributed by atoms with Gasteiger partial charge in [0.25, 0.3) is 0 Å². The van der Waals surface area contributed by atoms with Crippen molar-refractivity contribution < 1.29 is 14.2 Å². The van der Waals surface area contributed by atoms with E-state index in [1.807, 2.05) is 24.3 Å². The van der Waals surface area contributed by atoms with E-state index in [2.05, 4.69) is 106 Å². The van der Waals surface area contributed by atoms with Gasteiger partial charge in [-0.25, -0.2) is 0 Å². The van der Waals surface area contributed by atoms with Crippen LogP contribution in [0.25, 0.3) is 0 Å². The molecule has 2 saturated carbocycles. The highest BCUT2D eigenvalue weighted by Gasteiger charge is 2.29.